The maximum absolute atomic E-state index is 12.3. The molecule has 0 radical (unpaired) electrons. The first-order valence-corrected chi connectivity index (χ1v) is 6.96. The number of rotatable bonds is 3. The third-order valence-corrected chi connectivity index (χ3v) is 4.38. The Balaban J connectivity index is 1.97. The highest BCUT2D eigenvalue weighted by molar-refractivity contribution is 6.17. The molecule has 1 amide bonds. The van der Waals surface area contributed by atoms with Crippen LogP contribution in [0.15, 0.2) is 0 Å². The zero-order valence-electron chi connectivity index (χ0n) is 10.3. The smallest absolute Gasteiger partial charge is 0.226 e. The van der Waals surface area contributed by atoms with Crippen LogP contribution in [-0.4, -0.2) is 29.3 Å². The summed E-state index contributed by atoms with van der Waals surface area (Å²) >= 11 is 5.82. The van der Waals surface area contributed by atoms with Crippen LogP contribution in [0.4, 0.5) is 0 Å². The van der Waals surface area contributed by atoms with Gasteiger partial charge in [-0.05, 0) is 37.5 Å². The molecular weight excluding hydrogens is 222 g/mol. The maximum atomic E-state index is 12.3. The molecule has 0 N–H and O–H groups in total. The van der Waals surface area contributed by atoms with Gasteiger partial charge >= 0.3 is 0 Å². The summed E-state index contributed by atoms with van der Waals surface area (Å²) in [5, 5.41) is 0. The number of carbonyl (C=O) groups excluding carboxylic acids is 1. The summed E-state index contributed by atoms with van der Waals surface area (Å²) in [7, 11) is 0. The first-order valence-electron chi connectivity index (χ1n) is 6.43. The van der Waals surface area contributed by atoms with Crippen molar-refractivity contribution in [3.63, 3.8) is 0 Å². The molecule has 0 spiro atoms. The fraction of sp³-hybridized carbons (Fsp3) is 0.923. The molecule has 2 unspecified atom stereocenters. The van der Waals surface area contributed by atoms with Gasteiger partial charge in [-0.1, -0.05) is 13.8 Å². The molecule has 2 rings (SSSR count). The van der Waals surface area contributed by atoms with Crippen LogP contribution in [0.1, 0.15) is 46.0 Å². The molecule has 1 aliphatic heterocycles. The maximum Gasteiger partial charge on any atom is 0.226 e. The lowest BCUT2D eigenvalue weighted by atomic mass is 9.98. The van der Waals surface area contributed by atoms with Gasteiger partial charge in [0.1, 0.15) is 0 Å². The molecule has 2 fully saturated rings. The normalized spacial score (nSPS) is 32.6. The minimum atomic E-state index is 0.250. The van der Waals surface area contributed by atoms with Crippen molar-refractivity contribution in [3.8, 4) is 0 Å². The Bertz CT molecular complexity index is 275. The molecule has 16 heavy (non-hydrogen) atoms. The van der Waals surface area contributed by atoms with Gasteiger partial charge in [0.25, 0.3) is 0 Å². The molecule has 1 saturated carbocycles. The third kappa shape index (κ3) is 2.37. The zero-order valence-corrected chi connectivity index (χ0v) is 11.1. The third-order valence-electron chi connectivity index (χ3n) is 4.16. The number of amides is 1. The summed E-state index contributed by atoms with van der Waals surface area (Å²) < 4.78 is 0. The zero-order chi connectivity index (χ0) is 11.8. The van der Waals surface area contributed by atoms with Crippen LogP contribution in [0, 0.1) is 11.3 Å². The van der Waals surface area contributed by atoms with Crippen LogP contribution >= 0.6 is 11.6 Å². The number of hydrogen-bond acceptors (Lipinski definition) is 1. The first-order chi connectivity index (χ1) is 7.56. The lowest BCUT2D eigenvalue weighted by Gasteiger charge is -2.36. The monoisotopic (exact) mass is 243 g/mol. The summed E-state index contributed by atoms with van der Waals surface area (Å²) in [6, 6.07) is 0.412. The van der Waals surface area contributed by atoms with Crippen molar-refractivity contribution < 1.29 is 4.79 Å². The standard InChI is InChI=1S/C13H22ClNO/c1-13(2)9-11(13)12(16)15-8-4-3-5-10(15)6-7-14/h10-11H,3-9H2,1-2H3. The Kier molecular flexibility index (Phi) is 3.48. The first kappa shape index (κ1) is 12.2. The van der Waals surface area contributed by atoms with E-state index in [0.29, 0.717) is 17.8 Å². The highest BCUT2D eigenvalue weighted by atomic mass is 35.5. The van der Waals surface area contributed by atoms with Crippen LogP contribution in [0.3, 0.4) is 0 Å². The van der Waals surface area contributed by atoms with Crippen molar-refractivity contribution in [2.24, 2.45) is 11.3 Å². The molecule has 2 nitrogen and oxygen atoms in total. The van der Waals surface area contributed by atoms with Crippen molar-refractivity contribution in [1.82, 2.24) is 4.90 Å². The van der Waals surface area contributed by atoms with Gasteiger partial charge < -0.3 is 4.90 Å². The number of halogens is 1. The molecule has 0 aromatic rings. The van der Waals surface area contributed by atoms with E-state index >= 15 is 0 Å². The second-order valence-corrected chi connectivity index (χ2v) is 6.28. The molecule has 0 bridgehead atoms. The summed E-state index contributed by atoms with van der Waals surface area (Å²) in [5.41, 5.74) is 0.250. The highest BCUT2D eigenvalue weighted by Crippen LogP contribution is 2.52. The molecule has 1 aliphatic carbocycles. The number of piperidine rings is 1. The Labute approximate surface area is 103 Å². The van der Waals surface area contributed by atoms with E-state index in [1.807, 2.05) is 0 Å². The van der Waals surface area contributed by atoms with Gasteiger partial charge in [0.2, 0.25) is 5.91 Å². The molecule has 2 aliphatic rings. The fourth-order valence-corrected chi connectivity index (χ4v) is 3.06. The molecular formula is C13H22ClNO. The van der Waals surface area contributed by atoms with Gasteiger partial charge in [-0.2, -0.15) is 0 Å². The molecule has 3 heteroatoms. The van der Waals surface area contributed by atoms with E-state index < -0.39 is 0 Å². The second kappa shape index (κ2) is 4.56. The van der Waals surface area contributed by atoms with Crippen molar-refractivity contribution in [2.75, 3.05) is 12.4 Å². The predicted octanol–water partition coefficient (Wildman–Crippen LogP) is 3.04. The number of carbonyl (C=O) groups is 1. The SMILES string of the molecule is CC1(C)CC1C(=O)N1CCCCC1CCCl. The van der Waals surface area contributed by atoms with Gasteiger partial charge in [0.15, 0.2) is 0 Å². The minimum absolute atomic E-state index is 0.250. The van der Waals surface area contributed by atoms with E-state index in [4.69, 9.17) is 11.6 Å². The average molecular weight is 244 g/mol. The Hall–Kier alpha value is -0.240. The number of alkyl halides is 1. The molecule has 0 aromatic carbocycles. The van der Waals surface area contributed by atoms with E-state index in [0.717, 1.165) is 32.2 Å². The van der Waals surface area contributed by atoms with Gasteiger partial charge in [0.05, 0.1) is 0 Å². The summed E-state index contributed by atoms with van der Waals surface area (Å²) in [5.74, 6) is 1.34. The van der Waals surface area contributed by atoms with Gasteiger partial charge in [-0.25, -0.2) is 0 Å². The van der Waals surface area contributed by atoms with Crippen LogP contribution in [0.25, 0.3) is 0 Å². The van der Waals surface area contributed by atoms with Gasteiger partial charge in [-0.15, -0.1) is 11.6 Å². The topological polar surface area (TPSA) is 20.3 Å². The van der Waals surface area contributed by atoms with E-state index in [1.54, 1.807) is 0 Å². The lowest BCUT2D eigenvalue weighted by molar-refractivity contribution is -0.137. The summed E-state index contributed by atoms with van der Waals surface area (Å²) in [6.07, 6.45) is 5.58. The van der Waals surface area contributed by atoms with Crippen LogP contribution in [0.2, 0.25) is 0 Å². The highest BCUT2D eigenvalue weighted by Gasteiger charge is 2.52. The van der Waals surface area contributed by atoms with Gasteiger partial charge in [0, 0.05) is 24.4 Å². The van der Waals surface area contributed by atoms with Crippen LogP contribution in [0.5, 0.6) is 0 Å². The lowest BCUT2D eigenvalue weighted by Crippen LogP contribution is -2.45. The molecule has 2 atom stereocenters. The number of likely N-dealkylation sites (tertiary alicyclic amines) is 1. The largest absolute Gasteiger partial charge is 0.339 e. The van der Waals surface area contributed by atoms with Crippen molar-refractivity contribution >= 4 is 17.5 Å². The summed E-state index contributed by atoms with van der Waals surface area (Å²) in [6.45, 7) is 5.33. The van der Waals surface area contributed by atoms with E-state index in [9.17, 15) is 4.79 Å². The van der Waals surface area contributed by atoms with E-state index in [2.05, 4.69) is 18.7 Å². The number of nitrogens with zero attached hydrogens (tertiary/aromatic N) is 1. The van der Waals surface area contributed by atoms with Gasteiger partial charge in [-0.3, -0.25) is 4.79 Å². The van der Waals surface area contributed by atoms with Crippen molar-refractivity contribution in [3.05, 3.63) is 0 Å². The summed E-state index contributed by atoms with van der Waals surface area (Å²) in [4.78, 5) is 14.5. The quantitative estimate of drug-likeness (QED) is 0.698. The Morgan fingerprint density at radius 2 is 2.12 bits per heavy atom. The molecule has 0 aromatic heterocycles. The molecule has 92 valence electrons. The van der Waals surface area contributed by atoms with Crippen LogP contribution < -0.4 is 0 Å². The van der Waals surface area contributed by atoms with E-state index in [1.165, 1.54) is 6.42 Å². The fourth-order valence-electron chi connectivity index (χ4n) is 2.81. The van der Waals surface area contributed by atoms with Crippen molar-refractivity contribution in [2.45, 2.75) is 52.0 Å². The Morgan fingerprint density at radius 3 is 2.69 bits per heavy atom. The minimum Gasteiger partial charge on any atom is -0.339 e. The van der Waals surface area contributed by atoms with E-state index in [-0.39, 0.29) is 11.3 Å². The second-order valence-electron chi connectivity index (χ2n) is 5.90. The molecule has 1 heterocycles. The molecule has 1 saturated heterocycles. The average Bonchev–Trinajstić information content (AvgIpc) is 2.88. The van der Waals surface area contributed by atoms with Crippen LogP contribution in [-0.2, 0) is 4.79 Å². The predicted molar refractivity (Wildman–Crippen MR) is 66.6 cm³/mol. The number of hydrogen-bond donors (Lipinski definition) is 0. The van der Waals surface area contributed by atoms with Crippen molar-refractivity contribution in [1.29, 1.82) is 0 Å². The Morgan fingerprint density at radius 1 is 1.44 bits per heavy atom.